The van der Waals surface area contributed by atoms with E-state index >= 15 is 0 Å². The van der Waals surface area contributed by atoms with Crippen molar-refractivity contribution in [3.05, 3.63) is 53.1 Å². The highest BCUT2D eigenvalue weighted by molar-refractivity contribution is 6.31. The fraction of sp³-hybridized carbons (Fsp3) is 0.250. The summed E-state index contributed by atoms with van der Waals surface area (Å²) in [6, 6.07) is 7.36. The largest absolute Gasteiger partial charge is 0.385 e. The number of rotatable bonds is 7. The van der Waals surface area contributed by atoms with Crippen molar-refractivity contribution in [1.29, 1.82) is 0 Å². The smallest absolute Gasteiger partial charge is 0.274 e. The van der Waals surface area contributed by atoms with E-state index in [1.54, 1.807) is 25.4 Å². The van der Waals surface area contributed by atoms with Crippen LogP contribution >= 0.6 is 11.6 Å². The molecule has 2 N–H and O–H groups in total. The fourth-order valence-corrected chi connectivity index (χ4v) is 2.03. The predicted octanol–water partition coefficient (Wildman–Crippen LogP) is 3.57. The van der Waals surface area contributed by atoms with Crippen LogP contribution in [-0.4, -0.2) is 31.2 Å². The Labute approximate surface area is 138 Å². The Morgan fingerprint density at radius 1 is 1.30 bits per heavy atom. The molecule has 2 aromatic rings. The van der Waals surface area contributed by atoms with Crippen LogP contribution in [0.25, 0.3) is 0 Å². The molecule has 0 unspecified atom stereocenters. The molecule has 1 heterocycles. The summed E-state index contributed by atoms with van der Waals surface area (Å²) in [6.07, 6.45) is 2.46. The Bertz CT molecular complexity index is 665. The maximum atomic E-state index is 13.1. The van der Waals surface area contributed by atoms with Crippen molar-refractivity contribution >= 4 is 28.9 Å². The third-order valence-electron chi connectivity index (χ3n) is 3.03. The van der Waals surface area contributed by atoms with Gasteiger partial charge in [0.1, 0.15) is 11.5 Å². The summed E-state index contributed by atoms with van der Waals surface area (Å²) in [4.78, 5) is 16.2. The van der Waals surface area contributed by atoms with Crippen LogP contribution in [-0.2, 0) is 4.74 Å². The summed E-state index contributed by atoms with van der Waals surface area (Å²) in [7, 11) is 1.66. The highest BCUT2D eigenvalue weighted by Gasteiger charge is 2.09. The van der Waals surface area contributed by atoms with E-state index in [2.05, 4.69) is 15.6 Å². The number of pyridine rings is 1. The Morgan fingerprint density at radius 3 is 2.74 bits per heavy atom. The number of halogens is 2. The van der Waals surface area contributed by atoms with E-state index in [1.807, 2.05) is 0 Å². The number of anilines is 2. The third kappa shape index (κ3) is 5.19. The Morgan fingerprint density at radius 2 is 2.09 bits per heavy atom. The molecule has 0 saturated heterocycles. The first-order valence-electron chi connectivity index (χ1n) is 7.05. The lowest BCUT2D eigenvalue weighted by atomic mass is 10.2. The highest BCUT2D eigenvalue weighted by atomic mass is 35.5. The van der Waals surface area contributed by atoms with Crippen molar-refractivity contribution < 1.29 is 13.9 Å². The molecule has 1 amide bonds. The standard InChI is InChI=1S/C16H17ClFN3O2/c1-23-8-2-7-19-12-4-6-15(20-10-12)16(22)21-11-3-5-14(18)13(17)9-11/h3-6,9-10,19H,2,7-8H2,1H3,(H,21,22). The number of benzene rings is 1. The summed E-state index contributed by atoms with van der Waals surface area (Å²) >= 11 is 5.68. The van der Waals surface area contributed by atoms with E-state index in [0.717, 1.165) is 18.7 Å². The lowest BCUT2D eigenvalue weighted by molar-refractivity contribution is 0.102. The zero-order valence-corrected chi connectivity index (χ0v) is 13.4. The van der Waals surface area contributed by atoms with Crippen LogP contribution in [0.5, 0.6) is 0 Å². The maximum Gasteiger partial charge on any atom is 0.274 e. The Balaban J connectivity index is 1.93. The van der Waals surface area contributed by atoms with Crippen LogP contribution in [0.3, 0.4) is 0 Å². The first-order valence-corrected chi connectivity index (χ1v) is 7.43. The van der Waals surface area contributed by atoms with Crippen molar-refractivity contribution in [3.63, 3.8) is 0 Å². The summed E-state index contributed by atoms with van der Waals surface area (Å²) in [5, 5.41) is 5.74. The second-order valence-corrected chi connectivity index (χ2v) is 5.20. The minimum Gasteiger partial charge on any atom is -0.385 e. The van der Waals surface area contributed by atoms with Gasteiger partial charge in [-0.3, -0.25) is 4.79 Å². The van der Waals surface area contributed by atoms with E-state index in [0.29, 0.717) is 12.3 Å². The van der Waals surface area contributed by atoms with Gasteiger partial charge in [-0.05, 0) is 36.8 Å². The number of carbonyl (C=O) groups is 1. The molecule has 0 radical (unpaired) electrons. The first kappa shape index (κ1) is 17.2. The van der Waals surface area contributed by atoms with Gasteiger partial charge in [0, 0.05) is 25.9 Å². The summed E-state index contributed by atoms with van der Waals surface area (Å²) in [5.74, 6) is -0.926. The minimum atomic E-state index is -0.535. The van der Waals surface area contributed by atoms with Crippen LogP contribution in [0, 0.1) is 5.82 Å². The molecule has 7 heteroatoms. The van der Waals surface area contributed by atoms with Crippen LogP contribution in [0.2, 0.25) is 5.02 Å². The predicted molar refractivity (Wildman–Crippen MR) is 88.6 cm³/mol. The number of nitrogens with zero attached hydrogens (tertiary/aromatic N) is 1. The molecule has 0 fully saturated rings. The van der Waals surface area contributed by atoms with Gasteiger partial charge in [0.15, 0.2) is 0 Å². The van der Waals surface area contributed by atoms with Crippen LogP contribution in [0.4, 0.5) is 15.8 Å². The molecular weight excluding hydrogens is 321 g/mol. The highest BCUT2D eigenvalue weighted by Crippen LogP contribution is 2.19. The second kappa shape index (κ2) is 8.45. The number of aromatic nitrogens is 1. The van der Waals surface area contributed by atoms with E-state index < -0.39 is 11.7 Å². The lowest BCUT2D eigenvalue weighted by Crippen LogP contribution is -2.14. The van der Waals surface area contributed by atoms with E-state index in [9.17, 15) is 9.18 Å². The lowest BCUT2D eigenvalue weighted by Gasteiger charge is -2.08. The van der Waals surface area contributed by atoms with Crippen molar-refractivity contribution in [2.45, 2.75) is 6.42 Å². The average Bonchev–Trinajstić information content (AvgIpc) is 2.55. The van der Waals surface area contributed by atoms with E-state index in [4.69, 9.17) is 16.3 Å². The van der Waals surface area contributed by atoms with Crippen molar-refractivity contribution in [3.8, 4) is 0 Å². The molecule has 0 aliphatic carbocycles. The van der Waals surface area contributed by atoms with Crippen molar-refractivity contribution in [1.82, 2.24) is 4.98 Å². The Kier molecular flexibility index (Phi) is 6.31. The number of hydrogen-bond donors (Lipinski definition) is 2. The van der Waals surface area contributed by atoms with Gasteiger partial charge < -0.3 is 15.4 Å². The van der Waals surface area contributed by atoms with Gasteiger partial charge in [-0.15, -0.1) is 0 Å². The monoisotopic (exact) mass is 337 g/mol. The van der Waals surface area contributed by atoms with Gasteiger partial charge in [-0.2, -0.15) is 0 Å². The number of methoxy groups -OCH3 is 1. The van der Waals surface area contributed by atoms with Crippen molar-refractivity contribution in [2.75, 3.05) is 30.9 Å². The topological polar surface area (TPSA) is 63.2 Å². The number of ether oxygens (including phenoxy) is 1. The Hall–Kier alpha value is -2.18. The first-order chi connectivity index (χ1) is 11.1. The zero-order chi connectivity index (χ0) is 16.7. The molecule has 5 nitrogen and oxygen atoms in total. The number of hydrogen-bond acceptors (Lipinski definition) is 4. The fourth-order valence-electron chi connectivity index (χ4n) is 1.85. The third-order valence-corrected chi connectivity index (χ3v) is 3.32. The number of amides is 1. The molecule has 122 valence electrons. The summed E-state index contributed by atoms with van der Waals surface area (Å²) in [6.45, 7) is 1.44. The van der Waals surface area contributed by atoms with Gasteiger partial charge in [0.2, 0.25) is 0 Å². The molecule has 23 heavy (non-hydrogen) atoms. The molecule has 2 rings (SSSR count). The summed E-state index contributed by atoms with van der Waals surface area (Å²) < 4.78 is 18.0. The minimum absolute atomic E-state index is 0.0497. The van der Waals surface area contributed by atoms with Gasteiger partial charge in [0.05, 0.1) is 16.9 Å². The molecule has 0 spiro atoms. The zero-order valence-electron chi connectivity index (χ0n) is 12.6. The normalized spacial score (nSPS) is 10.4. The molecule has 1 aromatic heterocycles. The van der Waals surface area contributed by atoms with Gasteiger partial charge >= 0.3 is 0 Å². The number of nitrogens with one attached hydrogen (secondary N) is 2. The van der Waals surface area contributed by atoms with Crippen LogP contribution < -0.4 is 10.6 Å². The molecule has 0 atom stereocenters. The molecule has 0 aliphatic rings. The van der Waals surface area contributed by atoms with Gasteiger partial charge in [0.25, 0.3) is 5.91 Å². The number of carbonyl (C=O) groups excluding carboxylic acids is 1. The molecule has 0 bridgehead atoms. The second-order valence-electron chi connectivity index (χ2n) is 4.79. The van der Waals surface area contributed by atoms with E-state index in [-0.39, 0.29) is 10.7 Å². The summed E-state index contributed by atoms with van der Waals surface area (Å²) in [5.41, 5.74) is 1.49. The molecule has 0 aliphatic heterocycles. The van der Waals surface area contributed by atoms with E-state index in [1.165, 1.54) is 18.2 Å². The average molecular weight is 338 g/mol. The molecule has 1 aromatic carbocycles. The van der Waals surface area contributed by atoms with Crippen molar-refractivity contribution in [2.24, 2.45) is 0 Å². The molecular formula is C16H17ClFN3O2. The van der Waals surface area contributed by atoms with Crippen LogP contribution in [0.15, 0.2) is 36.5 Å². The SMILES string of the molecule is COCCCNc1ccc(C(=O)Nc2ccc(F)c(Cl)c2)nc1. The van der Waals surface area contributed by atoms with Gasteiger partial charge in [-0.1, -0.05) is 11.6 Å². The maximum absolute atomic E-state index is 13.1. The van der Waals surface area contributed by atoms with Gasteiger partial charge in [-0.25, -0.2) is 9.37 Å². The molecule has 0 saturated carbocycles. The quantitative estimate of drug-likeness (QED) is 0.758. The van der Waals surface area contributed by atoms with Crippen LogP contribution in [0.1, 0.15) is 16.9 Å².